The van der Waals surface area contributed by atoms with Gasteiger partial charge in [-0.25, -0.2) is 4.79 Å². The van der Waals surface area contributed by atoms with Crippen LogP contribution in [0.4, 0.5) is 0 Å². The summed E-state index contributed by atoms with van der Waals surface area (Å²) >= 11 is 0. The molecule has 1 saturated heterocycles. The van der Waals surface area contributed by atoms with Crippen molar-refractivity contribution in [1.29, 1.82) is 0 Å². The lowest BCUT2D eigenvalue weighted by Crippen LogP contribution is -2.34. The lowest BCUT2D eigenvalue weighted by molar-refractivity contribution is -0.137. The fraction of sp³-hybridized carbons (Fsp3) is 0.556. The van der Waals surface area contributed by atoms with Gasteiger partial charge in [0.1, 0.15) is 6.61 Å². The predicted octanol–water partition coefficient (Wildman–Crippen LogP) is -0.0317. The highest BCUT2D eigenvalue weighted by Crippen LogP contribution is 2.18. The van der Waals surface area contributed by atoms with Crippen molar-refractivity contribution in [1.82, 2.24) is 5.32 Å². The number of carbonyl (C=O) groups excluding carboxylic acids is 2. The maximum atomic E-state index is 11.1. The van der Waals surface area contributed by atoms with Crippen molar-refractivity contribution in [2.45, 2.75) is 19.4 Å². The van der Waals surface area contributed by atoms with Crippen molar-refractivity contribution in [2.24, 2.45) is 0 Å². The van der Waals surface area contributed by atoms with E-state index in [1.165, 1.54) is 7.11 Å². The van der Waals surface area contributed by atoms with E-state index in [0.29, 0.717) is 12.9 Å². The van der Waals surface area contributed by atoms with Crippen molar-refractivity contribution >= 4 is 12.3 Å². The molecule has 0 atom stereocenters. The van der Waals surface area contributed by atoms with Gasteiger partial charge in [0.05, 0.1) is 12.6 Å². The lowest BCUT2D eigenvalue weighted by atomic mass is 10.1. The molecule has 0 saturated carbocycles. The molecule has 0 amide bonds. The van der Waals surface area contributed by atoms with E-state index in [9.17, 15) is 9.59 Å². The largest absolute Gasteiger partial charge is 0.476 e. The highest BCUT2D eigenvalue weighted by atomic mass is 16.5. The topological polar surface area (TPSA) is 64.6 Å². The molecule has 78 valence electrons. The monoisotopic (exact) mass is 199 g/mol. The first-order valence-electron chi connectivity index (χ1n) is 4.19. The standard InChI is InChI=1S/C9H13NO4/c1-9(2)5-14-7(10-9)6(4-11)8(12)13-3/h4,10H,5H2,1-3H3/b7-6-. The molecule has 5 heteroatoms. The molecule has 0 radical (unpaired) electrons. The molecule has 0 aromatic heterocycles. The molecule has 5 nitrogen and oxygen atoms in total. The number of hydrogen-bond acceptors (Lipinski definition) is 5. The predicted molar refractivity (Wildman–Crippen MR) is 48.3 cm³/mol. The Morgan fingerprint density at radius 1 is 1.64 bits per heavy atom. The van der Waals surface area contributed by atoms with Crippen molar-refractivity contribution in [3.63, 3.8) is 0 Å². The lowest BCUT2D eigenvalue weighted by Gasteiger charge is -2.13. The van der Waals surface area contributed by atoms with Gasteiger partial charge in [0, 0.05) is 0 Å². The number of ether oxygens (including phenoxy) is 2. The molecule has 0 aromatic rings. The van der Waals surface area contributed by atoms with Crippen LogP contribution < -0.4 is 5.32 Å². The van der Waals surface area contributed by atoms with Gasteiger partial charge >= 0.3 is 5.97 Å². The molecule has 1 aliphatic rings. The van der Waals surface area contributed by atoms with Crippen LogP contribution in [0.2, 0.25) is 0 Å². The Morgan fingerprint density at radius 2 is 2.29 bits per heavy atom. The van der Waals surface area contributed by atoms with Crippen LogP contribution in [0.3, 0.4) is 0 Å². The molecule has 1 rings (SSSR count). The quantitative estimate of drug-likeness (QED) is 0.222. The zero-order chi connectivity index (χ0) is 10.8. The molecule has 0 spiro atoms. The minimum Gasteiger partial charge on any atom is -0.476 e. The van der Waals surface area contributed by atoms with Gasteiger partial charge in [-0.2, -0.15) is 0 Å². The number of hydrogen-bond donors (Lipinski definition) is 1. The third-order valence-electron chi connectivity index (χ3n) is 1.80. The van der Waals surface area contributed by atoms with Gasteiger partial charge in [-0.05, 0) is 13.8 Å². The third kappa shape index (κ3) is 2.04. The summed E-state index contributed by atoms with van der Waals surface area (Å²) in [6.45, 7) is 4.22. The van der Waals surface area contributed by atoms with Crippen LogP contribution in [-0.4, -0.2) is 31.5 Å². The summed E-state index contributed by atoms with van der Waals surface area (Å²) in [4.78, 5) is 21.7. The Balaban J connectivity index is 2.92. The number of nitrogens with one attached hydrogen (secondary N) is 1. The Kier molecular flexibility index (Phi) is 2.78. The Hall–Kier alpha value is -1.52. The molecule has 1 N–H and O–H groups in total. The number of rotatable bonds is 2. The first-order valence-corrected chi connectivity index (χ1v) is 4.19. The van der Waals surface area contributed by atoms with Crippen molar-refractivity contribution in [3.05, 3.63) is 11.5 Å². The molecule has 1 heterocycles. The van der Waals surface area contributed by atoms with Crippen LogP contribution >= 0.6 is 0 Å². The van der Waals surface area contributed by atoms with Crippen LogP contribution in [-0.2, 0) is 19.1 Å². The third-order valence-corrected chi connectivity index (χ3v) is 1.80. The second-order valence-electron chi connectivity index (χ2n) is 3.65. The van der Waals surface area contributed by atoms with Gasteiger partial charge in [0.25, 0.3) is 0 Å². The second kappa shape index (κ2) is 3.69. The Labute approximate surface area is 82.1 Å². The molecule has 1 aliphatic heterocycles. The van der Waals surface area contributed by atoms with Gasteiger partial charge in [-0.1, -0.05) is 0 Å². The number of carbonyl (C=O) groups is 2. The van der Waals surface area contributed by atoms with Crippen LogP contribution in [0.25, 0.3) is 0 Å². The molecule has 0 unspecified atom stereocenters. The van der Waals surface area contributed by atoms with Crippen molar-refractivity contribution < 1.29 is 19.1 Å². The minimum absolute atomic E-state index is 0.113. The average Bonchev–Trinajstić information content (AvgIpc) is 2.47. The van der Waals surface area contributed by atoms with E-state index < -0.39 is 5.97 Å². The molecule has 14 heavy (non-hydrogen) atoms. The second-order valence-corrected chi connectivity index (χ2v) is 3.65. The maximum absolute atomic E-state index is 11.1. The van der Waals surface area contributed by atoms with Gasteiger partial charge in [0.2, 0.25) is 5.88 Å². The molecular formula is C9H13NO4. The Morgan fingerprint density at radius 3 is 2.64 bits per heavy atom. The summed E-state index contributed by atoms with van der Waals surface area (Å²) in [7, 11) is 1.21. The van der Waals surface area contributed by atoms with Crippen LogP contribution in [0.15, 0.2) is 11.5 Å². The number of aldehydes is 1. The summed E-state index contributed by atoms with van der Waals surface area (Å²) in [6.07, 6.45) is 0.426. The van der Waals surface area contributed by atoms with E-state index in [0.717, 1.165) is 0 Å². The van der Waals surface area contributed by atoms with Crippen LogP contribution in [0.5, 0.6) is 0 Å². The molecule has 0 aromatic carbocycles. The smallest absolute Gasteiger partial charge is 0.346 e. The number of methoxy groups -OCH3 is 1. The summed E-state index contributed by atoms with van der Waals surface area (Å²) in [5, 5.41) is 2.92. The molecule has 0 bridgehead atoms. The summed E-state index contributed by atoms with van der Waals surface area (Å²) in [5.41, 5.74) is -0.379. The summed E-state index contributed by atoms with van der Waals surface area (Å²) < 4.78 is 9.62. The minimum atomic E-state index is -0.694. The van der Waals surface area contributed by atoms with E-state index in [2.05, 4.69) is 10.1 Å². The average molecular weight is 199 g/mol. The van der Waals surface area contributed by atoms with Gasteiger partial charge in [-0.3, -0.25) is 4.79 Å². The van der Waals surface area contributed by atoms with E-state index in [-0.39, 0.29) is 17.0 Å². The highest BCUT2D eigenvalue weighted by Gasteiger charge is 2.31. The SMILES string of the molecule is COC(=O)/C(C=O)=C1/NC(C)(C)CO1. The van der Waals surface area contributed by atoms with E-state index in [1.807, 2.05) is 13.8 Å². The van der Waals surface area contributed by atoms with Crippen LogP contribution in [0.1, 0.15) is 13.8 Å². The molecular weight excluding hydrogens is 186 g/mol. The first-order chi connectivity index (χ1) is 6.50. The zero-order valence-corrected chi connectivity index (χ0v) is 8.42. The normalized spacial score (nSPS) is 21.9. The van der Waals surface area contributed by atoms with Crippen molar-refractivity contribution in [2.75, 3.05) is 13.7 Å². The summed E-state index contributed by atoms with van der Waals surface area (Å²) in [6, 6.07) is 0. The van der Waals surface area contributed by atoms with Crippen molar-refractivity contribution in [3.8, 4) is 0 Å². The summed E-state index contributed by atoms with van der Waals surface area (Å²) in [5.74, 6) is -0.503. The maximum Gasteiger partial charge on any atom is 0.346 e. The van der Waals surface area contributed by atoms with Gasteiger partial charge in [-0.15, -0.1) is 0 Å². The van der Waals surface area contributed by atoms with Gasteiger partial charge in [0.15, 0.2) is 11.9 Å². The Bertz CT molecular complexity index is 293. The van der Waals surface area contributed by atoms with E-state index in [4.69, 9.17) is 4.74 Å². The number of esters is 1. The molecule has 0 aliphatic carbocycles. The first kappa shape index (κ1) is 10.6. The van der Waals surface area contributed by atoms with E-state index in [1.54, 1.807) is 0 Å². The van der Waals surface area contributed by atoms with Crippen LogP contribution in [0, 0.1) is 0 Å². The van der Waals surface area contributed by atoms with E-state index >= 15 is 0 Å². The fourth-order valence-electron chi connectivity index (χ4n) is 1.08. The van der Waals surface area contributed by atoms with Gasteiger partial charge < -0.3 is 14.8 Å². The zero-order valence-electron chi connectivity index (χ0n) is 8.42. The fourth-order valence-corrected chi connectivity index (χ4v) is 1.08. The molecule has 1 fully saturated rings. The highest BCUT2D eigenvalue weighted by molar-refractivity contribution is 6.08.